The summed E-state index contributed by atoms with van der Waals surface area (Å²) < 4.78 is 39.4. The van der Waals surface area contributed by atoms with Crippen molar-refractivity contribution in [3.63, 3.8) is 0 Å². The molecule has 0 atom stereocenters. The molecule has 0 aliphatic rings. The van der Waals surface area contributed by atoms with Crippen LogP contribution in [0.5, 0.6) is 0 Å². The summed E-state index contributed by atoms with van der Waals surface area (Å²) in [7, 11) is 0. The fraction of sp³-hybridized carbons (Fsp3) is 0.333. The second-order valence-electron chi connectivity index (χ2n) is 4.17. The second kappa shape index (κ2) is 3.98. The van der Waals surface area contributed by atoms with E-state index in [1.807, 2.05) is 0 Å². The van der Waals surface area contributed by atoms with E-state index in [4.69, 9.17) is 0 Å². The number of hydrogen-bond donors (Lipinski definition) is 0. The van der Waals surface area contributed by atoms with Gasteiger partial charge in [0.2, 0.25) is 5.92 Å². The van der Waals surface area contributed by atoms with E-state index in [1.165, 1.54) is 18.5 Å². The van der Waals surface area contributed by atoms with Crippen molar-refractivity contribution >= 4 is 10.9 Å². The fourth-order valence-electron chi connectivity index (χ4n) is 1.72. The first-order valence-corrected chi connectivity index (χ1v) is 5.14. The maximum atomic E-state index is 13.6. The number of halogens is 3. The third-order valence-electron chi connectivity index (χ3n) is 2.50. The number of aryl methyl sites for hydroxylation is 1. The lowest BCUT2D eigenvalue weighted by molar-refractivity contribution is 0.0218. The largest absolute Gasteiger partial charge is 0.249 e. The van der Waals surface area contributed by atoms with Crippen molar-refractivity contribution in [3.05, 3.63) is 35.5 Å². The molecule has 0 amide bonds. The van der Waals surface area contributed by atoms with Crippen LogP contribution in [0.1, 0.15) is 18.2 Å². The highest BCUT2D eigenvalue weighted by molar-refractivity contribution is 5.81. The molecule has 0 aliphatic carbocycles. The summed E-state index contributed by atoms with van der Waals surface area (Å²) >= 11 is 0. The van der Waals surface area contributed by atoms with Crippen molar-refractivity contribution in [2.75, 3.05) is 0 Å². The molecule has 0 saturated carbocycles. The minimum absolute atomic E-state index is 0.0112. The first-order valence-electron chi connectivity index (χ1n) is 5.14. The maximum Gasteiger partial charge on any atom is 0.249 e. The lowest BCUT2D eigenvalue weighted by Gasteiger charge is -2.12. The number of fused-ring (bicyclic) bond motifs is 1. The maximum absolute atomic E-state index is 13.6. The van der Waals surface area contributed by atoms with Crippen LogP contribution in [-0.2, 0) is 6.42 Å². The number of rotatable bonds is 2. The van der Waals surface area contributed by atoms with Gasteiger partial charge in [-0.1, -0.05) is 0 Å². The van der Waals surface area contributed by atoms with Gasteiger partial charge in [0, 0.05) is 23.6 Å². The Balaban J connectivity index is 2.58. The van der Waals surface area contributed by atoms with Crippen LogP contribution in [-0.4, -0.2) is 15.9 Å². The minimum atomic E-state index is -2.93. The number of alkyl halides is 2. The van der Waals surface area contributed by atoms with Gasteiger partial charge < -0.3 is 0 Å². The van der Waals surface area contributed by atoms with Gasteiger partial charge in [0.15, 0.2) is 0 Å². The molecule has 0 aliphatic heterocycles. The molecule has 1 aromatic heterocycles. The molecule has 17 heavy (non-hydrogen) atoms. The molecule has 2 rings (SSSR count). The number of aromatic nitrogens is 2. The Morgan fingerprint density at radius 2 is 1.94 bits per heavy atom. The van der Waals surface area contributed by atoms with Crippen molar-refractivity contribution in [2.24, 2.45) is 0 Å². The molecular formula is C12H11F3N2. The highest BCUT2D eigenvalue weighted by Gasteiger charge is 2.24. The Morgan fingerprint density at radius 1 is 1.24 bits per heavy atom. The first kappa shape index (κ1) is 11.8. The van der Waals surface area contributed by atoms with Gasteiger partial charge in [-0.15, -0.1) is 0 Å². The fourth-order valence-corrected chi connectivity index (χ4v) is 1.72. The van der Waals surface area contributed by atoms with Gasteiger partial charge in [0.25, 0.3) is 0 Å². The molecule has 1 heterocycles. The van der Waals surface area contributed by atoms with Gasteiger partial charge in [0.05, 0.1) is 5.52 Å². The summed E-state index contributed by atoms with van der Waals surface area (Å²) in [6, 6.07) is 2.57. The van der Waals surface area contributed by atoms with E-state index >= 15 is 0 Å². The molecule has 0 radical (unpaired) electrons. The predicted molar refractivity (Wildman–Crippen MR) is 58.6 cm³/mol. The average Bonchev–Trinajstić information content (AvgIpc) is 2.18. The molecule has 0 spiro atoms. The molecular weight excluding hydrogens is 229 g/mol. The van der Waals surface area contributed by atoms with Gasteiger partial charge in [0.1, 0.15) is 12.1 Å². The number of nitrogens with zero attached hydrogens (tertiary/aromatic N) is 2. The highest BCUT2D eigenvalue weighted by Crippen LogP contribution is 2.25. The Labute approximate surface area is 96.5 Å². The number of benzene rings is 1. The van der Waals surface area contributed by atoms with Crippen LogP contribution >= 0.6 is 0 Å². The zero-order valence-corrected chi connectivity index (χ0v) is 9.47. The van der Waals surface area contributed by atoms with Crippen LogP contribution in [0.15, 0.2) is 18.5 Å². The van der Waals surface area contributed by atoms with Gasteiger partial charge in [-0.25, -0.2) is 23.1 Å². The van der Waals surface area contributed by atoms with Crippen LogP contribution < -0.4 is 0 Å². The van der Waals surface area contributed by atoms with Crippen molar-refractivity contribution in [3.8, 4) is 0 Å². The van der Waals surface area contributed by atoms with Gasteiger partial charge in [-0.05, 0) is 25.5 Å². The average molecular weight is 240 g/mol. The second-order valence-corrected chi connectivity index (χ2v) is 4.17. The van der Waals surface area contributed by atoms with E-state index in [-0.39, 0.29) is 5.56 Å². The van der Waals surface area contributed by atoms with E-state index in [9.17, 15) is 13.2 Å². The van der Waals surface area contributed by atoms with Crippen LogP contribution in [0.2, 0.25) is 0 Å². The lowest BCUT2D eigenvalue weighted by atomic mass is 10.0. The summed E-state index contributed by atoms with van der Waals surface area (Å²) in [5.41, 5.74) is 1.07. The molecule has 0 unspecified atom stereocenters. The highest BCUT2D eigenvalue weighted by atomic mass is 19.3. The third-order valence-corrected chi connectivity index (χ3v) is 2.50. The number of hydrogen-bond acceptors (Lipinski definition) is 2. The van der Waals surface area contributed by atoms with E-state index < -0.39 is 18.2 Å². The van der Waals surface area contributed by atoms with Crippen LogP contribution in [0, 0.1) is 12.7 Å². The Kier molecular flexibility index (Phi) is 2.77. The van der Waals surface area contributed by atoms with Crippen LogP contribution in [0.25, 0.3) is 10.9 Å². The van der Waals surface area contributed by atoms with E-state index in [0.29, 0.717) is 16.6 Å². The van der Waals surface area contributed by atoms with E-state index in [2.05, 4.69) is 9.97 Å². The van der Waals surface area contributed by atoms with Crippen LogP contribution in [0.4, 0.5) is 13.2 Å². The van der Waals surface area contributed by atoms with Gasteiger partial charge in [-0.2, -0.15) is 0 Å². The van der Waals surface area contributed by atoms with Gasteiger partial charge >= 0.3 is 0 Å². The Morgan fingerprint density at radius 3 is 2.59 bits per heavy atom. The molecule has 0 fully saturated rings. The third kappa shape index (κ3) is 2.54. The summed E-state index contributed by atoms with van der Waals surface area (Å²) in [6.45, 7) is 2.50. The van der Waals surface area contributed by atoms with Crippen molar-refractivity contribution in [1.29, 1.82) is 0 Å². The molecule has 90 valence electrons. The van der Waals surface area contributed by atoms with E-state index in [0.717, 1.165) is 6.92 Å². The standard InChI is InChI=1S/C12H11F3N2/c1-7-9-3-8(5-12(2,14)15)10(13)4-11(9)17-6-16-7/h3-4,6H,5H2,1-2H3. The quantitative estimate of drug-likeness (QED) is 0.805. The zero-order chi connectivity index (χ0) is 12.6. The first-order chi connectivity index (χ1) is 7.87. The molecule has 1 aromatic carbocycles. The van der Waals surface area contributed by atoms with Crippen LogP contribution in [0.3, 0.4) is 0 Å². The smallest absolute Gasteiger partial charge is 0.241 e. The Hall–Kier alpha value is -1.65. The Bertz CT molecular complexity index is 561. The molecule has 0 N–H and O–H groups in total. The summed E-state index contributed by atoms with van der Waals surface area (Å²) in [4.78, 5) is 7.86. The van der Waals surface area contributed by atoms with Crippen molar-refractivity contribution in [1.82, 2.24) is 9.97 Å². The minimum Gasteiger partial charge on any atom is -0.241 e. The zero-order valence-electron chi connectivity index (χ0n) is 9.47. The SMILES string of the molecule is Cc1ncnc2cc(F)c(CC(C)(F)F)cc12. The lowest BCUT2D eigenvalue weighted by Crippen LogP contribution is -2.14. The van der Waals surface area contributed by atoms with E-state index in [1.54, 1.807) is 6.92 Å². The van der Waals surface area contributed by atoms with Crippen molar-refractivity contribution < 1.29 is 13.2 Å². The van der Waals surface area contributed by atoms with Gasteiger partial charge in [-0.3, -0.25) is 0 Å². The normalized spacial score (nSPS) is 12.1. The molecule has 0 saturated heterocycles. The monoisotopic (exact) mass is 240 g/mol. The summed E-state index contributed by atoms with van der Waals surface area (Å²) in [6.07, 6.45) is 0.703. The summed E-state index contributed by atoms with van der Waals surface area (Å²) in [5.74, 6) is -3.59. The predicted octanol–water partition coefficient (Wildman–Crippen LogP) is 3.28. The topological polar surface area (TPSA) is 25.8 Å². The summed E-state index contributed by atoms with van der Waals surface area (Å²) in [5, 5.41) is 0.605. The van der Waals surface area contributed by atoms with Crippen molar-refractivity contribution in [2.45, 2.75) is 26.2 Å². The molecule has 2 nitrogen and oxygen atoms in total. The molecule has 5 heteroatoms. The molecule has 0 bridgehead atoms. The molecule has 2 aromatic rings.